The van der Waals surface area contributed by atoms with Crippen LogP contribution in [0.5, 0.6) is 0 Å². The molecule has 0 radical (unpaired) electrons. The van der Waals surface area contributed by atoms with Crippen molar-refractivity contribution < 1.29 is 14.7 Å². The lowest BCUT2D eigenvalue weighted by molar-refractivity contribution is -0.132. The van der Waals surface area contributed by atoms with Gasteiger partial charge in [0.15, 0.2) is 5.69 Å². The fourth-order valence-corrected chi connectivity index (χ4v) is 3.38. The average Bonchev–Trinajstić information content (AvgIpc) is 3.10. The molecule has 0 bridgehead atoms. The number of aromatic nitrogens is 2. The quantitative estimate of drug-likeness (QED) is 0.875. The van der Waals surface area contributed by atoms with Crippen LogP contribution in [0.3, 0.4) is 0 Å². The monoisotopic (exact) mass is 341 g/mol. The molecular formula is C19H23N3O3. The van der Waals surface area contributed by atoms with Crippen molar-refractivity contribution in [2.24, 2.45) is 0 Å². The van der Waals surface area contributed by atoms with E-state index in [2.05, 4.69) is 29.4 Å². The summed E-state index contributed by atoms with van der Waals surface area (Å²) in [5, 5.41) is 12.8. The van der Waals surface area contributed by atoms with E-state index in [1.807, 2.05) is 11.9 Å². The number of hydrogen-bond acceptors (Lipinski definition) is 3. The molecule has 1 aromatic heterocycles. The number of rotatable bonds is 6. The fourth-order valence-electron chi connectivity index (χ4n) is 3.38. The Morgan fingerprint density at radius 3 is 2.76 bits per heavy atom. The Bertz CT molecular complexity index is 769. The highest BCUT2D eigenvalue weighted by molar-refractivity contribution is 5.85. The summed E-state index contributed by atoms with van der Waals surface area (Å²) in [4.78, 5) is 25.1. The van der Waals surface area contributed by atoms with Gasteiger partial charge < -0.3 is 10.0 Å². The number of carboxylic acid groups (broad SMARTS) is 1. The van der Waals surface area contributed by atoms with E-state index in [9.17, 15) is 9.59 Å². The number of carbonyl (C=O) groups excluding carboxylic acids is 1. The van der Waals surface area contributed by atoms with Gasteiger partial charge in [-0.1, -0.05) is 24.3 Å². The summed E-state index contributed by atoms with van der Waals surface area (Å²) < 4.78 is 1.58. The van der Waals surface area contributed by atoms with Gasteiger partial charge in [0.05, 0.1) is 0 Å². The predicted octanol–water partition coefficient (Wildman–Crippen LogP) is 2.38. The molecule has 6 heteroatoms. The van der Waals surface area contributed by atoms with Gasteiger partial charge in [0, 0.05) is 32.3 Å². The Labute approximate surface area is 147 Å². The molecule has 132 valence electrons. The Morgan fingerprint density at radius 2 is 2.04 bits per heavy atom. The molecule has 0 saturated carbocycles. The Kier molecular flexibility index (Phi) is 5.16. The van der Waals surface area contributed by atoms with Crippen molar-refractivity contribution in [3.05, 3.63) is 53.3 Å². The van der Waals surface area contributed by atoms with Gasteiger partial charge in [-0.25, -0.2) is 4.79 Å². The topological polar surface area (TPSA) is 75.4 Å². The molecule has 1 heterocycles. The fraction of sp³-hybridized carbons (Fsp3) is 0.421. The van der Waals surface area contributed by atoms with E-state index in [4.69, 9.17) is 5.11 Å². The van der Waals surface area contributed by atoms with Crippen LogP contribution in [-0.2, 0) is 24.2 Å². The molecule has 1 amide bonds. The number of aryl methyl sites for hydroxylation is 2. The van der Waals surface area contributed by atoms with Crippen molar-refractivity contribution >= 4 is 11.9 Å². The van der Waals surface area contributed by atoms with Gasteiger partial charge in [-0.2, -0.15) is 5.10 Å². The summed E-state index contributed by atoms with van der Waals surface area (Å²) in [5.74, 6) is -0.901. The molecule has 1 aliphatic carbocycles. The Hall–Kier alpha value is -2.63. The first kappa shape index (κ1) is 17.2. The first-order chi connectivity index (χ1) is 12.0. The van der Waals surface area contributed by atoms with E-state index < -0.39 is 5.97 Å². The largest absolute Gasteiger partial charge is 0.476 e. The zero-order chi connectivity index (χ0) is 17.8. The second-order valence-electron chi connectivity index (χ2n) is 6.54. The predicted molar refractivity (Wildman–Crippen MR) is 93.4 cm³/mol. The van der Waals surface area contributed by atoms with Crippen LogP contribution in [0.1, 0.15) is 40.9 Å². The molecule has 0 spiro atoms. The highest BCUT2D eigenvalue weighted by atomic mass is 16.4. The van der Waals surface area contributed by atoms with Crippen LogP contribution in [-0.4, -0.2) is 44.8 Å². The normalized spacial score (nSPS) is 16.3. The first-order valence-corrected chi connectivity index (χ1v) is 8.64. The van der Waals surface area contributed by atoms with Crippen molar-refractivity contribution in [2.75, 3.05) is 7.05 Å². The maximum Gasteiger partial charge on any atom is 0.356 e. The molecule has 3 rings (SSSR count). The number of carbonyl (C=O) groups is 2. The van der Waals surface area contributed by atoms with Crippen LogP contribution < -0.4 is 0 Å². The SMILES string of the molecule is CN(C(=O)CCCn1ccc(C(=O)O)n1)C1CCc2ccccc2C1. The average molecular weight is 341 g/mol. The third-order valence-electron chi connectivity index (χ3n) is 4.90. The van der Waals surface area contributed by atoms with Crippen molar-refractivity contribution in [3.8, 4) is 0 Å². The number of aromatic carboxylic acids is 1. The van der Waals surface area contributed by atoms with Gasteiger partial charge in [-0.05, 0) is 42.9 Å². The molecule has 0 saturated heterocycles. The van der Waals surface area contributed by atoms with Crippen LogP contribution in [0.2, 0.25) is 0 Å². The molecule has 1 N–H and O–H groups in total. The van der Waals surface area contributed by atoms with E-state index >= 15 is 0 Å². The van der Waals surface area contributed by atoms with E-state index in [1.54, 1.807) is 10.9 Å². The molecule has 0 aliphatic heterocycles. The molecule has 25 heavy (non-hydrogen) atoms. The van der Waals surface area contributed by atoms with Crippen LogP contribution >= 0.6 is 0 Å². The van der Waals surface area contributed by atoms with Crippen molar-refractivity contribution in [1.29, 1.82) is 0 Å². The number of nitrogens with zero attached hydrogens (tertiary/aromatic N) is 3. The molecule has 6 nitrogen and oxygen atoms in total. The van der Waals surface area contributed by atoms with Crippen LogP contribution in [0.4, 0.5) is 0 Å². The molecule has 0 fully saturated rings. The minimum atomic E-state index is -1.04. The lowest BCUT2D eigenvalue weighted by Gasteiger charge is -2.32. The summed E-state index contributed by atoms with van der Waals surface area (Å²) in [7, 11) is 1.89. The summed E-state index contributed by atoms with van der Waals surface area (Å²) in [6.45, 7) is 0.542. The zero-order valence-electron chi connectivity index (χ0n) is 14.4. The molecule has 1 unspecified atom stereocenters. The molecule has 2 aromatic rings. The summed E-state index contributed by atoms with van der Waals surface area (Å²) in [6, 6.07) is 10.2. The van der Waals surface area contributed by atoms with Crippen LogP contribution in [0, 0.1) is 0 Å². The van der Waals surface area contributed by atoms with Gasteiger partial charge in [0.1, 0.15) is 0 Å². The molecular weight excluding hydrogens is 318 g/mol. The molecule has 1 aliphatic rings. The Morgan fingerprint density at radius 1 is 1.28 bits per heavy atom. The van der Waals surface area contributed by atoms with E-state index in [-0.39, 0.29) is 17.6 Å². The van der Waals surface area contributed by atoms with E-state index in [0.29, 0.717) is 19.4 Å². The third-order valence-corrected chi connectivity index (χ3v) is 4.90. The number of likely N-dealkylation sites (N-methyl/N-ethyl adjacent to an activating group) is 1. The van der Waals surface area contributed by atoms with Crippen LogP contribution in [0.15, 0.2) is 36.5 Å². The van der Waals surface area contributed by atoms with Crippen molar-refractivity contribution in [1.82, 2.24) is 14.7 Å². The van der Waals surface area contributed by atoms with Gasteiger partial charge in [0.2, 0.25) is 5.91 Å². The summed E-state index contributed by atoms with van der Waals surface area (Å²) in [6.07, 6.45) is 5.66. The van der Waals surface area contributed by atoms with Gasteiger partial charge in [-0.15, -0.1) is 0 Å². The third kappa shape index (κ3) is 4.07. The number of fused-ring (bicyclic) bond motifs is 1. The number of hydrogen-bond donors (Lipinski definition) is 1. The number of benzene rings is 1. The number of amides is 1. The highest BCUT2D eigenvalue weighted by Crippen LogP contribution is 2.24. The number of carboxylic acids is 1. The van der Waals surface area contributed by atoms with Gasteiger partial charge >= 0.3 is 5.97 Å². The molecule has 1 aromatic carbocycles. The second kappa shape index (κ2) is 7.51. The van der Waals surface area contributed by atoms with Gasteiger partial charge in [-0.3, -0.25) is 9.48 Å². The maximum absolute atomic E-state index is 12.5. The maximum atomic E-state index is 12.5. The van der Waals surface area contributed by atoms with Crippen molar-refractivity contribution in [2.45, 2.75) is 44.7 Å². The highest BCUT2D eigenvalue weighted by Gasteiger charge is 2.24. The van der Waals surface area contributed by atoms with E-state index in [1.165, 1.54) is 17.2 Å². The standard InChI is InChI=1S/C19H23N3O3/c1-21(16-9-8-14-5-2-3-6-15(14)13-16)18(23)7-4-11-22-12-10-17(20-22)19(24)25/h2-3,5-6,10,12,16H,4,7-9,11,13H2,1H3,(H,24,25). The van der Waals surface area contributed by atoms with Gasteiger partial charge in [0.25, 0.3) is 0 Å². The molecule has 1 atom stereocenters. The van der Waals surface area contributed by atoms with E-state index in [0.717, 1.165) is 19.3 Å². The van der Waals surface area contributed by atoms with Crippen molar-refractivity contribution in [3.63, 3.8) is 0 Å². The Balaban J connectivity index is 1.49. The zero-order valence-corrected chi connectivity index (χ0v) is 14.4. The smallest absolute Gasteiger partial charge is 0.356 e. The van der Waals surface area contributed by atoms with Crippen LogP contribution in [0.25, 0.3) is 0 Å². The lowest BCUT2D eigenvalue weighted by atomic mass is 9.87. The summed E-state index contributed by atoms with van der Waals surface area (Å²) >= 11 is 0. The summed E-state index contributed by atoms with van der Waals surface area (Å²) in [5.41, 5.74) is 2.77. The second-order valence-corrected chi connectivity index (χ2v) is 6.54. The minimum Gasteiger partial charge on any atom is -0.476 e. The lowest BCUT2D eigenvalue weighted by Crippen LogP contribution is -2.40. The minimum absolute atomic E-state index is 0.0318. The first-order valence-electron chi connectivity index (χ1n) is 8.64.